The third-order valence-corrected chi connectivity index (χ3v) is 5.62. The van der Waals surface area contributed by atoms with Gasteiger partial charge >= 0.3 is 0 Å². The molecule has 3 rings (SSSR count). The molecule has 0 radical (unpaired) electrons. The van der Waals surface area contributed by atoms with Crippen molar-refractivity contribution in [2.24, 2.45) is 0 Å². The summed E-state index contributed by atoms with van der Waals surface area (Å²) in [7, 11) is -1.03. The van der Waals surface area contributed by atoms with Crippen molar-refractivity contribution in [3.63, 3.8) is 0 Å². The highest BCUT2D eigenvalue weighted by Gasteiger charge is 2.30. The van der Waals surface area contributed by atoms with Gasteiger partial charge in [-0.05, 0) is 31.7 Å². The maximum absolute atomic E-state index is 13.2. The van der Waals surface area contributed by atoms with Gasteiger partial charge in [-0.15, -0.1) is 0 Å². The van der Waals surface area contributed by atoms with Gasteiger partial charge in [-0.3, -0.25) is 4.90 Å². The predicted octanol–water partition coefficient (Wildman–Crippen LogP) is 2.10. The Bertz CT molecular complexity index is 773. The van der Waals surface area contributed by atoms with Crippen molar-refractivity contribution in [1.82, 2.24) is 9.88 Å². The molecule has 22 heavy (non-hydrogen) atoms. The molecule has 0 aliphatic carbocycles. The minimum absolute atomic E-state index is 0.0133. The summed E-state index contributed by atoms with van der Waals surface area (Å²) in [5.74, 6) is 0.459. The van der Waals surface area contributed by atoms with E-state index in [0.717, 1.165) is 0 Å². The number of hydrogen-bond donors (Lipinski definition) is 0. The Kier molecular flexibility index (Phi) is 4.01. The second-order valence-corrected chi connectivity index (χ2v) is 7.86. The maximum atomic E-state index is 13.2. The molecule has 1 aromatic carbocycles. The minimum Gasteiger partial charge on any atom is -0.444 e. The van der Waals surface area contributed by atoms with Crippen LogP contribution in [0.3, 0.4) is 0 Å². The SMILES string of the molecule is CN(Cc1coc(-c2cccc(F)c2)n1)[C@H]1CCS(=O)(=O)C1. The number of aromatic nitrogens is 1. The molecule has 2 heterocycles. The van der Waals surface area contributed by atoms with Gasteiger partial charge in [-0.25, -0.2) is 17.8 Å². The molecular weight excluding hydrogens is 307 g/mol. The Hall–Kier alpha value is -1.73. The van der Waals surface area contributed by atoms with Crippen molar-refractivity contribution in [2.75, 3.05) is 18.6 Å². The van der Waals surface area contributed by atoms with Gasteiger partial charge in [0.05, 0.1) is 17.2 Å². The minimum atomic E-state index is -2.90. The summed E-state index contributed by atoms with van der Waals surface area (Å²) in [6.07, 6.45) is 2.17. The molecular formula is C15H17FN2O3S. The fourth-order valence-electron chi connectivity index (χ4n) is 2.64. The Morgan fingerprint density at radius 3 is 2.95 bits per heavy atom. The van der Waals surface area contributed by atoms with Crippen LogP contribution >= 0.6 is 0 Å². The van der Waals surface area contributed by atoms with Crippen LogP contribution in [0.15, 0.2) is 34.9 Å². The monoisotopic (exact) mass is 324 g/mol. The largest absolute Gasteiger partial charge is 0.444 e. The lowest BCUT2D eigenvalue weighted by Gasteiger charge is -2.21. The normalized spacial score (nSPS) is 20.6. The topological polar surface area (TPSA) is 63.4 Å². The third-order valence-electron chi connectivity index (χ3n) is 3.87. The van der Waals surface area contributed by atoms with E-state index >= 15 is 0 Å². The average molecular weight is 324 g/mol. The summed E-state index contributed by atoms with van der Waals surface area (Å²) in [5.41, 5.74) is 1.28. The van der Waals surface area contributed by atoms with Crippen LogP contribution < -0.4 is 0 Å². The molecule has 118 valence electrons. The fourth-order valence-corrected chi connectivity index (χ4v) is 4.45. The van der Waals surface area contributed by atoms with Crippen molar-refractivity contribution in [3.8, 4) is 11.5 Å². The summed E-state index contributed by atoms with van der Waals surface area (Å²) in [6.45, 7) is 0.499. The molecule has 1 fully saturated rings. The molecule has 0 spiro atoms. The van der Waals surface area contributed by atoms with Crippen LogP contribution in [0.1, 0.15) is 12.1 Å². The number of hydrogen-bond acceptors (Lipinski definition) is 5. The molecule has 1 saturated heterocycles. The van der Waals surface area contributed by atoms with Crippen LogP contribution in [-0.2, 0) is 16.4 Å². The highest BCUT2D eigenvalue weighted by Crippen LogP contribution is 2.22. The van der Waals surface area contributed by atoms with E-state index in [0.29, 0.717) is 30.1 Å². The van der Waals surface area contributed by atoms with Gasteiger partial charge in [0.15, 0.2) is 9.84 Å². The van der Waals surface area contributed by atoms with E-state index in [-0.39, 0.29) is 23.4 Å². The van der Waals surface area contributed by atoms with E-state index in [1.807, 2.05) is 11.9 Å². The first kappa shape index (κ1) is 15.2. The quantitative estimate of drug-likeness (QED) is 0.862. The molecule has 2 aromatic rings. The van der Waals surface area contributed by atoms with Crippen LogP contribution in [0.5, 0.6) is 0 Å². The Labute approximate surface area is 128 Å². The highest BCUT2D eigenvalue weighted by molar-refractivity contribution is 7.91. The number of halogens is 1. The summed E-state index contributed by atoms with van der Waals surface area (Å²) in [4.78, 5) is 6.31. The molecule has 1 aliphatic rings. The van der Waals surface area contributed by atoms with Crippen LogP contribution in [0.2, 0.25) is 0 Å². The first-order chi connectivity index (χ1) is 10.4. The summed E-state index contributed by atoms with van der Waals surface area (Å²) < 4.78 is 41.6. The van der Waals surface area contributed by atoms with Gasteiger partial charge < -0.3 is 4.42 Å². The van der Waals surface area contributed by atoms with Crippen LogP contribution in [0.25, 0.3) is 11.5 Å². The zero-order valence-corrected chi connectivity index (χ0v) is 13.0. The lowest BCUT2D eigenvalue weighted by Crippen LogP contribution is -2.32. The summed E-state index contributed by atoms with van der Waals surface area (Å²) >= 11 is 0. The first-order valence-corrected chi connectivity index (χ1v) is 8.86. The molecule has 0 bridgehead atoms. The van der Waals surface area contributed by atoms with Crippen LogP contribution in [0.4, 0.5) is 4.39 Å². The van der Waals surface area contributed by atoms with E-state index in [4.69, 9.17) is 4.42 Å². The van der Waals surface area contributed by atoms with Crippen LogP contribution in [-0.4, -0.2) is 42.9 Å². The van der Waals surface area contributed by atoms with Gasteiger partial charge in [0.1, 0.15) is 12.1 Å². The first-order valence-electron chi connectivity index (χ1n) is 7.04. The third kappa shape index (κ3) is 3.36. The Balaban J connectivity index is 1.69. The second-order valence-electron chi connectivity index (χ2n) is 5.63. The maximum Gasteiger partial charge on any atom is 0.226 e. The molecule has 0 amide bonds. The smallest absolute Gasteiger partial charge is 0.226 e. The van der Waals surface area contributed by atoms with E-state index in [1.54, 1.807) is 12.1 Å². The molecule has 1 aromatic heterocycles. The Morgan fingerprint density at radius 2 is 2.27 bits per heavy atom. The lowest BCUT2D eigenvalue weighted by molar-refractivity contribution is 0.251. The van der Waals surface area contributed by atoms with Gasteiger partial charge in [0, 0.05) is 18.2 Å². The number of sulfone groups is 1. The zero-order chi connectivity index (χ0) is 15.7. The summed E-state index contributed by atoms with van der Waals surface area (Å²) in [5, 5.41) is 0. The van der Waals surface area contributed by atoms with Crippen molar-refractivity contribution in [3.05, 3.63) is 42.0 Å². The number of benzene rings is 1. The number of nitrogens with zero attached hydrogens (tertiary/aromatic N) is 2. The fraction of sp³-hybridized carbons (Fsp3) is 0.400. The molecule has 5 nitrogen and oxygen atoms in total. The van der Waals surface area contributed by atoms with Gasteiger partial charge in [0.25, 0.3) is 0 Å². The molecule has 1 aliphatic heterocycles. The molecule has 1 atom stereocenters. The second kappa shape index (κ2) is 5.81. The lowest BCUT2D eigenvalue weighted by atomic mass is 10.2. The Morgan fingerprint density at radius 1 is 1.45 bits per heavy atom. The van der Waals surface area contributed by atoms with Crippen LogP contribution in [0, 0.1) is 5.82 Å². The number of oxazole rings is 1. The molecule has 0 saturated carbocycles. The van der Waals surface area contributed by atoms with Crippen molar-refractivity contribution < 1.29 is 17.2 Å². The zero-order valence-electron chi connectivity index (χ0n) is 12.2. The predicted molar refractivity (Wildman–Crippen MR) is 80.4 cm³/mol. The highest BCUT2D eigenvalue weighted by atomic mass is 32.2. The van der Waals surface area contributed by atoms with E-state index in [1.165, 1.54) is 18.4 Å². The van der Waals surface area contributed by atoms with Gasteiger partial charge in [-0.2, -0.15) is 0 Å². The molecule has 7 heteroatoms. The standard InChI is InChI=1S/C15H17FN2O3S/c1-18(14-5-6-22(19,20)10-14)8-13-9-21-15(17-13)11-3-2-4-12(16)7-11/h2-4,7,9,14H,5-6,8,10H2,1H3/t14-/m0/s1. The van der Waals surface area contributed by atoms with Gasteiger partial charge in [0.2, 0.25) is 5.89 Å². The van der Waals surface area contributed by atoms with Crippen molar-refractivity contribution in [1.29, 1.82) is 0 Å². The van der Waals surface area contributed by atoms with E-state index in [9.17, 15) is 12.8 Å². The number of rotatable bonds is 4. The van der Waals surface area contributed by atoms with Crippen molar-refractivity contribution >= 4 is 9.84 Å². The van der Waals surface area contributed by atoms with Gasteiger partial charge in [-0.1, -0.05) is 6.07 Å². The van der Waals surface area contributed by atoms with E-state index in [2.05, 4.69) is 4.98 Å². The molecule has 0 N–H and O–H groups in total. The summed E-state index contributed by atoms with van der Waals surface area (Å²) in [6, 6.07) is 6.07. The van der Waals surface area contributed by atoms with Crippen molar-refractivity contribution in [2.45, 2.75) is 19.0 Å². The van der Waals surface area contributed by atoms with E-state index < -0.39 is 9.84 Å². The molecule has 0 unspecified atom stereocenters. The average Bonchev–Trinajstić information content (AvgIpc) is 3.05.